The largest absolute Gasteiger partial charge is 0.364 e. The first-order chi connectivity index (χ1) is 13.3. The van der Waals surface area contributed by atoms with Gasteiger partial charge in [0, 0.05) is 11.7 Å². The molecule has 1 fully saturated rings. The molecule has 4 aromatic rings. The van der Waals surface area contributed by atoms with Gasteiger partial charge in [0.15, 0.2) is 0 Å². The summed E-state index contributed by atoms with van der Waals surface area (Å²) >= 11 is 0. The minimum absolute atomic E-state index is 0.0199. The van der Waals surface area contributed by atoms with Crippen LogP contribution in [0.25, 0.3) is 21.8 Å². The quantitative estimate of drug-likeness (QED) is 0.518. The van der Waals surface area contributed by atoms with Crippen molar-refractivity contribution in [3.63, 3.8) is 0 Å². The molecule has 5 nitrogen and oxygen atoms in total. The number of rotatable bonds is 4. The standard InChI is InChI=1S/C22H23N5/c1-2-7-18-16(4-1)5-3-6-17(18)14-22(9-12-23-13-10-22)27-21-19-8-11-24-20(19)25-15-26-21/h1-8,11,15,23H,9-10,12-14H2,(H2,24,25,26,27). The van der Waals surface area contributed by atoms with E-state index in [1.807, 2.05) is 12.3 Å². The Bertz CT molecular complexity index is 1070. The van der Waals surface area contributed by atoms with Crippen LogP contribution in [0.3, 0.4) is 0 Å². The van der Waals surface area contributed by atoms with E-state index in [2.05, 4.69) is 68.1 Å². The van der Waals surface area contributed by atoms with Crippen molar-refractivity contribution in [2.24, 2.45) is 0 Å². The van der Waals surface area contributed by atoms with E-state index >= 15 is 0 Å². The van der Waals surface area contributed by atoms with Gasteiger partial charge in [-0.25, -0.2) is 9.97 Å². The normalized spacial score (nSPS) is 16.6. The Labute approximate surface area is 158 Å². The van der Waals surface area contributed by atoms with Crippen molar-refractivity contribution < 1.29 is 0 Å². The number of fused-ring (bicyclic) bond motifs is 2. The monoisotopic (exact) mass is 357 g/mol. The number of aromatic amines is 1. The Morgan fingerprint density at radius 3 is 2.70 bits per heavy atom. The zero-order chi connectivity index (χ0) is 18.1. The van der Waals surface area contributed by atoms with E-state index in [4.69, 9.17) is 0 Å². The maximum atomic E-state index is 4.56. The summed E-state index contributed by atoms with van der Waals surface area (Å²) in [5, 5.41) is 11.0. The Hall–Kier alpha value is -2.92. The van der Waals surface area contributed by atoms with Crippen molar-refractivity contribution in [2.45, 2.75) is 24.8 Å². The van der Waals surface area contributed by atoms with Crippen molar-refractivity contribution in [3.8, 4) is 0 Å². The average molecular weight is 357 g/mol. The zero-order valence-corrected chi connectivity index (χ0v) is 15.2. The van der Waals surface area contributed by atoms with Crippen LogP contribution in [0.15, 0.2) is 61.1 Å². The summed E-state index contributed by atoms with van der Waals surface area (Å²) in [5.41, 5.74) is 2.25. The van der Waals surface area contributed by atoms with Gasteiger partial charge in [0.1, 0.15) is 17.8 Å². The molecular formula is C22H23N5. The molecule has 27 heavy (non-hydrogen) atoms. The van der Waals surface area contributed by atoms with Gasteiger partial charge in [0.2, 0.25) is 0 Å². The van der Waals surface area contributed by atoms with Gasteiger partial charge in [-0.2, -0.15) is 0 Å². The summed E-state index contributed by atoms with van der Waals surface area (Å²) in [6.07, 6.45) is 6.66. The van der Waals surface area contributed by atoms with E-state index in [1.54, 1.807) is 6.33 Å². The summed E-state index contributed by atoms with van der Waals surface area (Å²) in [5.74, 6) is 0.920. The summed E-state index contributed by atoms with van der Waals surface area (Å²) < 4.78 is 0. The summed E-state index contributed by atoms with van der Waals surface area (Å²) in [7, 11) is 0. The smallest absolute Gasteiger partial charge is 0.142 e. The molecule has 0 bridgehead atoms. The first-order valence-corrected chi connectivity index (χ1v) is 9.57. The molecule has 0 atom stereocenters. The Morgan fingerprint density at radius 1 is 0.926 bits per heavy atom. The van der Waals surface area contributed by atoms with E-state index in [1.165, 1.54) is 16.3 Å². The van der Waals surface area contributed by atoms with Crippen LogP contribution in [0.2, 0.25) is 0 Å². The van der Waals surface area contributed by atoms with Crippen molar-refractivity contribution in [3.05, 3.63) is 66.6 Å². The average Bonchev–Trinajstić information content (AvgIpc) is 3.19. The van der Waals surface area contributed by atoms with Crippen LogP contribution >= 0.6 is 0 Å². The molecular weight excluding hydrogens is 334 g/mol. The van der Waals surface area contributed by atoms with Gasteiger partial charge in [0.05, 0.1) is 5.39 Å². The molecule has 0 amide bonds. The Morgan fingerprint density at radius 2 is 1.78 bits per heavy atom. The molecule has 0 unspecified atom stereocenters. The minimum Gasteiger partial charge on any atom is -0.364 e. The van der Waals surface area contributed by atoms with Crippen LogP contribution in [0.1, 0.15) is 18.4 Å². The first kappa shape index (κ1) is 16.3. The van der Waals surface area contributed by atoms with Gasteiger partial charge >= 0.3 is 0 Å². The van der Waals surface area contributed by atoms with E-state index in [0.29, 0.717) is 0 Å². The number of hydrogen-bond acceptors (Lipinski definition) is 4. The van der Waals surface area contributed by atoms with Crippen LogP contribution in [-0.4, -0.2) is 33.6 Å². The number of hydrogen-bond donors (Lipinski definition) is 3. The Kier molecular flexibility index (Phi) is 4.02. The number of aromatic nitrogens is 3. The molecule has 2 aromatic carbocycles. The highest BCUT2D eigenvalue weighted by Gasteiger charge is 2.33. The predicted molar refractivity (Wildman–Crippen MR) is 110 cm³/mol. The molecule has 5 rings (SSSR count). The maximum absolute atomic E-state index is 4.56. The third-order valence-electron chi connectivity index (χ3n) is 5.71. The van der Waals surface area contributed by atoms with E-state index < -0.39 is 0 Å². The van der Waals surface area contributed by atoms with Crippen LogP contribution in [0.5, 0.6) is 0 Å². The van der Waals surface area contributed by atoms with Crippen LogP contribution in [0.4, 0.5) is 5.82 Å². The molecule has 0 aliphatic carbocycles. The third kappa shape index (κ3) is 3.04. The third-order valence-corrected chi connectivity index (χ3v) is 5.71. The van der Waals surface area contributed by atoms with Gasteiger partial charge < -0.3 is 15.6 Å². The number of H-pyrrole nitrogens is 1. The SMILES string of the molecule is c1ccc2c(CC3(Nc4ncnc5[nH]ccc45)CCNCC3)cccc2c1. The summed E-state index contributed by atoms with van der Waals surface area (Å²) in [6, 6.07) is 17.3. The number of nitrogens with one attached hydrogen (secondary N) is 3. The second kappa shape index (κ2) is 6.67. The van der Waals surface area contributed by atoms with Crippen molar-refractivity contribution in [2.75, 3.05) is 18.4 Å². The van der Waals surface area contributed by atoms with Gasteiger partial charge in [-0.3, -0.25) is 0 Å². The lowest BCUT2D eigenvalue weighted by molar-refractivity contribution is 0.336. The number of benzene rings is 2. The second-order valence-electron chi connectivity index (χ2n) is 7.43. The summed E-state index contributed by atoms with van der Waals surface area (Å²) in [4.78, 5) is 12.1. The molecule has 0 radical (unpaired) electrons. The first-order valence-electron chi connectivity index (χ1n) is 9.57. The fourth-order valence-electron chi connectivity index (χ4n) is 4.29. The molecule has 0 spiro atoms. The molecule has 0 saturated carbocycles. The molecule has 1 aliphatic rings. The van der Waals surface area contributed by atoms with Crippen LogP contribution in [0, 0.1) is 0 Å². The van der Waals surface area contributed by atoms with Crippen molar-refractivity contribution >= 4 is 27.6 Å². The fraction of sp³-hybridized carbons (Fsp3) is 0.273. The number of anilines is 1. The zero-order valence-electron chi connectivity index (χ0n) is 15.2. The number of nitrogens with zero attached hydrogens (tertiary/aromatic N) is 2. The highest BCUT2D eigenvalue weighted by Crippen LogP contribution is 2.32. The second-order valence-corrected chi connectivity index (χ2v) is 7.43. The lowest BCUT2D eigenvalue weighted by Crippen LogP contribution is -2.49. The molecule has 5 heteroatoms. The molecule has 3 heterocycles. The van der Waals surface area contributed by atoms with Crippen LogP contribution in [-0.2, 0) is 6.42 Å². The number of piperidine rings is 1. The predicted octanol–water partition coefficient (Wildman–Crippen LogP) is 3.89. The fourth-order valence-corrected chi connectivity index (χ4v) is 4.29. The molecule has 3 N–H and O–H groups in total. The van der Waals surface area contributed by atoms with Gasteiger partial charge in [-0.15, -0.1) is 0 Å². The van der Waals surface area contributed by atoms with Crippen molar-refractivity contribution in [1.82, 2.24) is 20.3 Å². The van der Waals surface area contributed by atoms with Gasteiger partial charge in [-0.1, -0.05) is 42.5 Å². The Balaban J connectivity index is 1.55. The molecule has 136 valence electrons. The maximum Gasteiger partial charge on any atom is 0.142 e. The highest BCUT2D eigenvalue weighted by atomic mass is 15.1. The minimum atomic E-state index is -0.0199. The van der Waals surface area contributed by atoms with Crippen LogP contribution < -0.4 is 10.6 Å². The summed E-state index contributed by atoms with van der Waals surface area (Å²) in [6.45, 7) is 2.03. The van der Waals surface area contributed by atoms with E-state index in [-0.39, 0.29) is 5.54 Å². The van der Waals surface area contributed by atoms with E-state index in [9.17, 15) is 0 Å². The van der Waals surface area contributed by atoms with E-state index in [0.717, 1.165) is 49.2 Å². The van der Waals surface area contributed by atoms with Crippen molar-refractivity contribution in [1.29, 1.82) is 0 Å². The van der Waals surface area contributed by atoms with Gasteiger partial charge in [0.25, 0.3) is 0 Å². The molecule has 1 aliphatic heterocycles. The van der Waals surface area contributed by atoms with Gasteiger partial charge in [-0.05, 0) is 54.8 Å². The lowest BCUT2D eigenvalue weighted by atomic mass is 9.81. The molecule has 1 saturated heterocycles. The molecule has 2 aromatic heterocycles. The lowest BCUT2D eigenvalue weighted by Gasteiger charge is -2.39. The highest BCUT2D eigenvalue weighted by molar-refractivity contribution is 5.88. The topological polar surface area (TPSA) is 65.6 Å².